The Kier molecular flexibility index (Phi) is 6.56. The van der Waals surface area contributed by atoms with Crippen molar-refractivity contribution in [2.24, 2.45) is 0 Å². The van der Waals surface area contributed by atoms with E-state index in [4.69, 9.17) is 4.74 Å². The van der Waals surface area contributed by atoms with Gasteiger partial charge in [0.1, 0.15) is 18.0 Å². The summed E-state index contributed by atoms with van der Waals surface area (Å²) in [5.74, 6) is -0.181. The smallest absolute Gasteiger partial charge is 0.319 e. The van der Waals surface area contributed by atoms with E-state index in [1.807, 2.05) is 0 Å². The number of carbonyl (C=O) groups excluding carboxylic acids is 1. The monoisotopic (exact) mass is 294 g/mol. The fourth-order valence-corrected chi connectivity index (χ4v) is 1.70. The Morgan fingerprint density at radius 3 is 1.94 bits per heavy atom. The van der Waals surface area contributed by atoms with Crippen molar-refractivity contribution >= 4 is 21.9 Å². The molecule has 0 saturated heterocycles. The van der Waals surface area contributed by atoms with Crippen LogP contribution in [0.15, 0.2) is 0 Å². The van der Waals surface area contributed by atoms with Gasteiger partial charge in [-0.05, 0) is 34.6 Å². The van der Waals surface area contributed by atoms with Gasteiger partial charge < -0.3 is 9.22 Å². The molecule has 0 heterocycles. The van der Waals surface area contributed by atoms with Crippen molar-refractivity contribution in [2.45, 2.75) is 51.5 Å². The van der Waals surface area contributed by atoms with Gasteiger partial charge in [0.25, 0.3) is 0 Å². The van der Waals surface area contributed by atoms with Crippen molar-refractivity contribution in [3.63, 3.8) is 0 Å². The third-order valence-corrected chi connectivity index (χ3v) is 3.88. The topological polar surface area (TPSA) is 26.3 Å². The second kappa shape index (κ2) is 6.60. The lowest BCUT2D eigenvalue weighted by Gasteiger charge is -2.42. The average Bonchev–Trinajstić information content (AvgIpc) is 2.16. The van der Waals surface area contributed by atoms with E-state index in [1.54, 1.807) is 6.92 Å². The summed E-state index contributed by atoms with van der Waals surface area (Å²) in [5, 5.41) is 0. The maximum Gasteiger partial charge on any atom is 0.319 e. The summed E-state index contributed by atoms with van der Waals surface area (Å²) < 4.78 is 6.12. The van der Waals surface area contributed by atoms with Crippen LogP contribution in [0.1, 0.15) is 34.6 Å². The third kappa shape index (κ3) is 4.42. The lowest BCUT2D eigenvalue weighted by molar-refractivity contribution is -0.949. The van der Waals surface area contributed by atoms with Crippen LogP contribution in [0.3, 0.4) is 0 Å². The van der Waals surface area contributed by atoms with Gasteiger partial charge in [-0.3, -0.25) is 4.79 Å². The summed E-state index contributed by atoms with van der Waals surface area (Å²) in [4.78, 5) is 11.1. The van der Waals surface area contributed by atoms with Gasteiger partial charge in [-0.15, -0.1) is 0 Å². The van der Waals surface area contributed by atoms with Gasteiger partial charge >= 0.3 is 5.97 Å². The molecule has 0 N–H and O–H groups in total. The van der Waals surface area contributed by atoms with Crippen molar-refractivity contribution < 1.29 is 14.0 Å². The molecule has 0 spiro atoms. The second-order valence-electron chi connectivity index (χ2n) is 5.04. The highest BCUT2D eigenvalue weighted by molar-refractivity contribution is 9.10. The lowest BCUT2D eigenvalue weighted by atomic mass is 10.1. The molecule has 0 aliphatic carbocycles. The molecule has 0 aromatic rings. The molecule has 0 radical (unpaired) electrons. The molecule has 16 heavy (non-hydrogen) atoms. The van der Waals surface area contributed by atoms with Crippen LogP contribution in [0.2, 0.25) is 0 Å². The molecular formula is C12H25BrNO2+. The highest BCUT2D eigenvalue weighted by atomic mass is 79.9. The van der Waals surface area contributed by atoms with Crippen LogP contribution in [0.5, 0.6) is 0 Å². The number of nitrogens with zero attached hydrogens (tertiary/aromatic N) is 1. The van der Waals surface area contributed by atoms with E-state index in [0.29, 0.717) is 18.7 Å². The molecule has 1 unspecified atom stereocenters. The maximum atomic E-state index is 11.3. The summed E-state index contributed by atoms with van der Waals surface area (Å²) in [6.07, 6.45) is 0. The molecule has 0 fully saturated rings. The van der Waals surface area contributed by atoms with Crippen LogP contribution in [-0.4, -0.2) is 47.6 Å². The first-order valence-corrected chi connectivity index (χ1v) is 6.79. The van der Waals surface area contributed by atoms with Crippen LogP contribution in [0, 0.1) is 0 Å². The molecule has 0 rings (SSSR count). The number of carbonyl (C=O) groups is 1. The van der Waals surface area contributed by atoms with Crippen molar-refractivity contribution in [1.82, 2.24) is 0 Å². The van der Waals surface area contributed by atoms with Crippen molar-refractivity contribution in [3.8, 4) is 0 Å². The van der Waals surface area contributed by atoms with E-state index in [1.165, 1.54) is 0 Å². The minimum absolute atomic E-state index is 0.181. The Hall–Kier alpha value is -0.0900. The third-order valence-electron chi connectivity index (χ3n) is 3.50. The van der Waals surface area contributed by atoms with E-state index >= 15 is 0 Å². The number of rotatable bonds is 6. The van der Waals surface area contributed by atoms with Gasteiger partial charge in [0.2, 0.25) is 0 Å². The standard InChI is InChI=1S/C12H25BrNO2/c1-9(2)14(6,10(3)4)7-8-16-12(15)11(5)13/h9-11H,7-8H2,1-6H3/q+1. The first-order chi connectivity index (χ1) is 7.21. The van der Waals surface area contributed by atoms with E-state index < -0.39 is 0 Å². The number of alkyl halides is 1. The molecular weight excluding hydrogens is 270 g/mol. The summed E-state index contributed by atoms with van der Waals surface area (Å²) in [6.45, 7) is 11.9. The van der Waals surface area contributed by atoms with Gasteiger partial charge in [0.15, 0.2) is 0 Å². The fourth-order valence-electron chi connectivity index (χ4n) is 1.57. The lowest BCUT2D eigenvalue weighted by Crippen LogP contribution is -2.56. The predicted molar refractivity (Wildman–Crippen MR) is 70.7 cm³/mol. The van der Waals surface area contributed by atoms with E-state index in [-0.39, 0.29) is 10.8 Å². The number of likely N-dealkylation sites (N-methyl/N-ethyl adjacent to an activating group) is 1. The maximum absolute atomic E-state index is 11.3. The Morgan fingerprint density at radius 2 is 1.62 bits per heavy atom. The number of quaternary nitrogens is 1. The normalized spacial score (nSPS) is 14.3. The number of hydrogen-bond donors (Lipinski definition) is 0. The molecule has 0 saturated carbocycles. The Labute approximate surface area is 108 Å². The number of ether oxygens (including phenoxy) is 1. The summed E-state index contributed by atoms with van der Waals surface area (Å²) in [7, 11) is 2.21. The Bertz CT molecular complexity index is 219. The minimum atomic E-state index is -0.218. The molecule has 0 aliphatic rings. The summed E-state index contributed by atoms with van der Waals surface area (Å²) in [5.41, 5.74) is 0. The zero-order valence-corrected chi connectivity index (χ0v) is 12.9. The SMILES string of the molecule is CC(Br)C(=O)OCC[N+](C)(C(C)C)C(C)C. The number of halogens is 1. The first kappa shape index (κ1) is 15.9. The molecule has 1 atom stereocenters. The molecule has 0 bridgehead atoms. The number of hydrogen-bond acceptors (Lipinski definition) is 2. The molecule has 3 nitrogen and oxygen atoms in total. The second-order valence-corrected chi connectivity index (χ2v) is 6.41. The van der Waals surface area contributed by atoms with Gasteiger partial charge in [0.05, 0.1) is 19.1 Å². The van der Waals surface area contributed by atoms with Gasteiger partial charge in [-0.2, -0.15) is 0 Å². The van der Waals surface area contributed by atoms with E-state index in [0.717, 1.165) is 11.0 Å². The quantitative estimate of drug-likeness (QED) is 0.428. The summed E-state index contributed by atoms with van der Waals surface area (Å²) in [6, 6.07) is 1.06. The molecule has 0 aromatic heterocycles. The van der Waals surface area contributed by atoms with Crippen molar-refractivity contribution in [2.75, 3.05) is 20.2 Å². The Balaban J connectivity index is 4.20. The van der Waals surface area contributed by atoms with Gasteiger partial charge in [-0.1, -0.05) is 15.9 Å². The molecule has 0 aromatic carbocycles. The number of esters is 1. The first-order valence-electron chi connectivity index (χ1n) is 5.87. The van der Waals surface area contributed by atoms with Crippen LogP contribution >= 0.6 is 15.9 Å². The zero-order valence-electron chi connectivity index (χ0n) is 11.3. The highest BCUT2D eigenvalue weighted by Gasteiger charge is 2.29. The fraction of sp³-hybridized carbons (Fsp3) is 0.917. The zero-order chi connectivity index (χ0) is 12.9. The van der Waals surface area contributed by atoms with E-state index in [2.05, 4.69) is 50.7 Å². The van der Waals surface area contributed by atoms with Crippen LogP contribution in [-0.2, 0) is 9.53 Å². The highest BCUT2D eigenvalue weighted by Crippen LogP contribution is 2.15. The molecule has 96 valence electrons. The molecule has 4 heteroatoms. The predicted octanol–water partition coefficient (Wildman–Crippen LogP) is 2.58. The molecule has 0 amide bonds. The van der Waals surface area contributed by atoms with Crippen LogP contribution < -0.4 is 0 Å². The van der Waals surface area contributed by atoms with E-state index in [9.17, 15) is 4.79 Å². The Morgan fingerprint density at radius 1 is 1.19 bits per heavy atom. The van der Waals surface area contributed by atoms with Gasteiger partial charge in [-0.25, -0.2) is 0 Å². The summed E-state index contributed by atoms with van der Waals surface area (Å²) >= 11 is 3.20. The largest absolute Gasteiger partial charge is 0.459 e. The van der Waals surface area contributed by atoms with Crippen molar-refractivity contribution in [3.05, 3.63) is 0 Å². The molecule has 0 aliphatic heterocycles. The minimum Gasteiger partial charge on any atom is -0.459 e. The van der Waals surface area contributed by atoms with Crippen LogP contribution in [0.4, 0.5) is 0 Å². The average molecular weight is 295 g/mol. The van der Waals surface area contributed by atoms with Crippen LogP contribution in [0.25, 0.3) is 0 Å². The van der Waals surface area contributed by atoms with Crippen molar-refractivity contribution in [1.29, 1.82) is 0 Å². The van der Waals surface area contributed by atoms with Gasteiger partial charge in [0, 0.05) is 0 Å².